The van der Waals surface area contributed by atoms with E-state index in [0.29, 0.717) is 17.4 Å². The summed E-state index contributed by atoms with van der Waals surface area (Å²) in [4.78, 5) is 0.197. The molecule has 1 fully saturated rings. The lowest BCUT2D eigenvalue weighted by Crippen LogP contribution is -2.35. The Kier molecular flexibility index (Phi) is 6.53. The highest BCUT2D eigenvalue weighted by Gasteiger charge is 2.21. The van der Waals surface area contributed by atoms with E-state index in [1.54, 1.807) is 12.1 Å². The van der Waals surface area contributed by atoms with Gasteiger partial charge in [-0.1, -0.05) is 43.7 Å². The van der Waals surface area contributed by atoms with Crippen LogP contribution >= 0.6 is 11.6 Å². The Bertz CT molecular complexity index is 581. The molecular formula is C16H24ClNO3S. The van der Waals surface area contributed by atoms with Crippen LogP contribution in [0, 0.1) is 0 Å². The Morgan fingerprint density at radius 3 is 2.41 bits per heavy atom. The van der Waals surface area contributed by atoms with Crippen LogP contribution in [0.5, 0.6) is 5.75 Å². The Balaban J connectivity index is 2.10. The quantitative estimate of drug-likeness (QED) is 0.872. The molecule has 6 heteroatoms. The largest absolute Gasteiger partial charge is 0.492 e. The van der Waals surface area contributed by atoms with Gasteiger partial charge in [-0.2, -0.15) is 0 Å². The molecule has 124 valence electrons. The fourth-order valence-electron chi connectivity index (χ4n) is 2.78. The molecule has 1 N–H and O–H groups in total. The van der Waals surface area contributed by atoms with Crippen molar-refractivity contribution in [1.82, 2.24) is 4.72 Å². The predicted octanol–water partition coefficient (Wildman–Crippen LogP) is 4.13. The van der Waals surface area contributed by atoms with Crippen LogP contribution in [0.3, 0.4) is 0 Å². The summed E-state index contributed by atoms with van der Waals surface area (Å²) in [6.07, 6.45) is 7.61. The van der Waals surface area contributed by atoms with Crippen molar-refractivity contribution in [3.63, 3.8) is 0 Å². The van der Waals surface area contributed by atoms with Crippen molar-refractivity contribution in [2.45, 2.75) is 62.8 Å². The summed E-state index contributed by atoms with van der Waals surface area (Å²) in [5, 5.41) is 0.322. The molecular weight excluding hydrogens is 322 g/mol. The smallest absolute Gasteiger partial charge is 0.240 e. The SMILES string of the molecule is CCOc1ccc(S(=O)(=O)NC2CCCCCCC2)cc1Cl. The first-order chi connectivity index (χ1) is 10.5. The highest BCUT2D eigenvalue weighted by atomic mass is 35.5. The van der Waals surface area contributed by atoms with E-state index < -0.39 is 10.0 Å². The third-order valence-electron chi connectivity index (χ3n) is 3.94. The minimum atomic E-state index is -3.53. The predicted molar refractivity (Wildman–Crippen MR) is 89.0 cm³/mol. The zero-order valence-electron chi connectivity index (χ0n) is 13.0. The van der Waals surface area contributed by atoms with Gasteiger partial charge in [0, 0.05) is 6.04 Å². The highest BCUT2D eigenvalue weighted by Crippen LogP contribution is 2.28. The fraction of sp³-hybridized carbons (Fsp3) is 0.625. The van der Waals surface area contributed by atoms with Gasteiger partial charge in [0.25, 0.3) is 0 Å². The van der Waals surface area contributed by atoms with Crippen molar-refractivity contribution in [3.8, 4) is 5.75 Å². The molecule has 0 aliphatic heterocycles. The van der Waals surface area contributed by atoms with Gasteiger partial charge >= 0.3 is 0 Å². The Morgan fingerprint density at radius 1 is 1.18 bits per heavy atom. The maximum Gasteiger partial charge on any atom is 0.240 e. The molecule has 0 atom stereocenters. The van der Waals surface area contributed by atoms with E-state index in [1.165, 1.54) is 25.3 Å². The molecule has 1 saturated carbocycles. The molecule has 4 nitrogen and oxygen atoms in total. The third-order valence-corrected chi connectivity index (χ3v) is 5.75. The first-order valence-corrected chi connectivity index (χ1v) is 9.83. The fourth-order valence-corrected chi connectivity index (χ4v) is 4.41. The van der Waals surface area contributed by atoms with Crippen molar-refractivity contribution >= 4 is 21.6 Å². The molecule has 22 heavy (non-hydrogen) atoms. The highest BCUT2D eigenvalue weighted by molar-refractivity contribution is 7.89. The van der Waals surface area contributed by atoms with Gasteiger partial charge in [-0.25, -0.2) is 13.1 Å². The standard InChI is InChI=1S/C16H24ClNO3S/c1-2-21-16-11-10-14(12-15(16)17)22(19,20)18-13-8-6-4-3-5-7-9-13/h10-13,18H,2-9H2,1H3. The number of hydrogen-bond acceptors (Lipinski definition) is 3. The van der Waals surface area contributed by atoms with E-state index in [1.807, 2.05) is 6.92 Å². The minimum absolute atomic E-state index is 0.0237. The summed E-state index contributed by atoms with van der Waals surface area (Å²) in [5.74, 6) is 0.508. The van der Waals surface area contributed by atoms with Crippen molar-refractivity contribution in [2.24, 2.45) is 0 Å². The van der Waals surface area contributed by atoms with Crippen LogP contribution in [0.2, 0.25) is 5.02 Å². The van der Waals surface area contributed by atoms with Gasteiger partial charge < -0.3 is 4.74 Å². The number of benzene rings is 1. The van der Waals surface area contributed by atoms with Crippen LogP contribution in [0.1, 0.15) is 51.9 Å². The second-order valence-corrected chi connectivity index (χ2v) is 7.81. The van der Waals surface area contributed by atoms with Crippen molar-refractivity contribution < 1.29 is 13.2 Å². The zero-order valence-corrected chi connectivity index (χ0v) is 14.5. The van der Waals surface area contributed by atoms with Gasteiger partial charge in [-0.05, 0) is 38.0 Å². The number of ether oxygens (including phenoxy) is 1. The molecule has 1 aliphatic rings. The zero-order chi connectivity index (χ0) is 16.0. The summed E-state index contributed by atoms with van der Waals surface area (Å²) in [5.41, 5.74) is 0. The lowest BCUT2D eigenvalue weighted by Gasteiger charge is -2.21. The number of sulfonamides is 1. The molecule has 0 unspecified atom stereocenters. The van der Waals surface area contributed by atoms with Gasteiger partial charge in [-0.3, -0.25) is 0 Å². The molecule has 0 heterocycles. The van der Waals surface area contributed by atoms with Gasteiger partial charge in [0.2, 0.25) is 10.0 Å². The van der Waals surface area contributed by atoms with E-state index in [4.69, 9.17) is 16.3 Å². The van der Waals surface area contributed by atoms with E-state index in [2.05, 4.69) is 4.72 Å². The van der Waals surface area contributed by atoms with Crippen LogP contribution in [0.25, 0.3) is 0 Å². The van der Waals surface area contributed by atoms with E-state index >= 15 is 0 Å². The molecule has 1 aliphatic carbocycles. The van der Waals surface area contributed by atoms with Crippen LogP contribution in [0.15, 0.2) is 23.1 Å². The monoisotopic (exact) mass is 345 g/mol. The maximum absolute atomic E-state index is 12.5. The van der Waals surface area contributed by atoms with Crippen molar-refractivity contribution in [1.29, 1.82) is 0 Å². The molecule has 2 rings (SSSR count). The Morgan fingerprint density at radius 2 is 1.82 bits per heavy atom. The topological polar surface area (TPSA) is 55.4 Å². The first-order valence-electron chi connectivity index (χ1n) is 7.97. The lowest BCUT2D eigenvalue weighted by atomic mass is 9.97. The summed E-state index contributed by atoms with van der Waals surface area (Å²) >= 11 is 6.09. The normalized spacial score (nSPS) is 17.7. The number of hydrogen-bond donors (Lipinski definition) is 1. The third kappa shape index (κ3) is 4.86. The van der Waals surface area contributed by atoms with Gasteiger partial charge in [0.1, 0.15) is 5.75 Å². The van der Waals surface area contributed by atoms with Crippen LogP contribution < -0.4 is 9.46 Å². The van der Waals surface area contributed by atoms with Crippen molar-refractivity contribution in [2.75, 3.05) is 6.61 Å². The van der Waals surface area contributed by atoms with Gasteiger partial charge in [0.15, 0.2) is 0 Å². The molecule has 0 saturated heterocycles. The second-order valence-electron chi connectivity index (χ2n) is 5.69. The molecule has 0 radical (unpaired) electrons. The maximum atomic E-state index is 12.5. The summed E-state index contributed by atoms with van der Waals surface area (Å²) in [7, 11) is -3.53. The number of rotatable bonds is 5. The van der Waals surface area contributed by atoms with E-state index in [9.17, 15) is 8.42 Å². The molecule has 0 spiro atoms. The first kappa shape index (κ1) is 17.6. The number of halogens is 1. The van der Waals surface area contributed by atoms with Crippen LogP contribution in [-0.2, 0) is 10.0 Å². The molecule has 0 aromatic heterocycles. The van der Waals surface area contributed by atoms with Crippen molar-refractivity contribution in [3.05, 3.63) is 23.2 Å². The minimum Gasteiger partial charge on any atom is -0.492 e. The van der Waals surface area contributed by atoms with Crippen LogP contribution in [0.4, 0.5) is 0 Å². The number of nitrogens with one attached hydrogen (secondary N) is 1. The summed E-state index contributed by atoms with van der Waals surface area (Å²) in [6.45, 7) is 2.35. The van der Waals surface area contributed by atoms with Crippen LogP contribution in [-0.4, -0.2) is 21.1 Å². The average Bonchev–Trinajstić information content (AvgIpc) is 2.44. The van der Waals surface area contributed by atoms with E-state index in [0.717, 1.165) is 25.7 Å². The van der Waals surface area contributed by atoms with Gasteiger partial charge in [-0.15, -0.1) is 0 Å². The Labute approximate surface area is 138 Å². The van der Waals surface area contributed by atoms with E-state index in [-0.39, 0.29) is 10.9 Å². The molecule has 1 aromatic rings. The van der Waals surface area contributed by atoms with Gasteiger partial charge in [0.05, 0.1) is 16.5 Å². The average molecular weight is 346 g/mol. The molecule has 1 aromatic carbocycles. The molecule has 0 amide bonds. The summed E-state index contributed by atoms with van der Waals surface area (Å²) in [6, 6.07) is 4.63. The lowest BCUT2D eigenvalue weighted by molar-refractivity contribution is 0.340. The molecule has 0 bridgehead atoms. The summed E-state index contributed by atoms with van der Waals surface area (Å²) < 4.78 is 33.2. The Hall–Kier alpha value is -0.780. The second kappa shape index (κ2) is 8.18.